The molecule has 3 aliphatic rings. The van der Waals surface area contributed by atoms with Crippen molar-refractivity contribution in [3.8, 4) is 5.75 Å². The van der Waals surface area contributed by atoms with Gasteiger partial charge in [0, 0.05) is 48.3 Å². The van der Waals surface area contributed by atoms with Crippen LogP contribution in [0.1, 0.15) is 75.2 Å². The Morgan fingerprint density at radius 2 is 1.28 bits per heavy atom. The Balaban J connectivity index is 1.56. The van der Waals surface area contributed by atoms with Crippen LogP contribution < -0.4 is 4.74 Å². The van der Waals surface area contributed by atoms with Gasteiger partial charge in [-0.05, 0) is 53.5 Å². The summed E-state index contributed by atoms with van der Waals surface area (Å²) in [6.45, 7) is 8.53. The van der Waals surface area contributed by atoms with Crippen LogP contribution in [0.2, 0.25) is 0 Å². The van der Waals surface area contributed by atoms with Gasteiger partial charge < -0.3 is 9.64 Å². The molecule has 0 unspecified atom stereocenters. The van der Waals surface area contributed by atoms with Gasteiger partial charge in [-0.1, -0.05) is 58.0 Å². The second kappa shape index (κ2) is 8.58. The summed E-state index contributed by atoms with van der Waals surface area (Å²) < 4.78 is 5.56. The molecule has 186 valence electrons. The first-order chi connectivity index (χ1) is 17.0. The number of carbonyl (C=O) groups is 3. The highest BCUT2D eigenvalue weighted by molar-refractivity contribution is 6.06. The molecule has 0 aromatic heterocycles. The van der Waals surface area contributed by atoms with Crippen LogP contribution in [-0.2, 0) is 9.59 Å². The lowest BCUT2D eigenvalue weighted by Gasteiger charge is -2.47. The van der Waals surface area contributed by atoms with Crippen LogP contribution in [0.25, 0.3) is 0 Å². The average molecular weight is 484 g/mol. The van der Waals surface area contributed by atoms with E-state index in [1.807, 2.05) is 25.2 Å². The molecule has 0 bridgehead atoms. The normalized spacial score (nSPS) is 21.3. The summed E-state index contributed by atoms with van der Waals surface area (Å²) >= 11 is 0. The highest BCUT2D eigenvalue weighted by atomic mass is 16.5. The fourth-order valence-corrected chi connectivity index (χ4v) is 5.97. The predicted octanol–water partition coefficient (Wildman–Crippen LogP) is 6.22. The largest absolute Gasteiger partial charge is 0.423 e. The number of allylic oxidation sites excluding steroid dienone is 4. The van der Waals surface area contributed by atoms with Crippen molar-refractivity contribution in [1.82, 2.24) is 4.90 Å². The minimum absolute atomic E-state index is 0.113. The Kier molecular flexibility index (Phi) is 5.77. The minimum Gasteiger partial charge on any atom is -0.423 e. The predicted molar refractivity (Wildman–Crippen MR) is 138 cm³/mol. The first kappa shape index (κ1) is 24.2. The molecule has 1 heterocycles. The van der Waals surface area contributed by atoms with Gasteiger partial charge in [0.1, 0.15) is 5.75 Å². The molecule has 0 fully saturated rings. The molecular formula is C31H33NO4. The van der Waals surface area contributed by atoms with Gasteiger partial charge in [0.25, 0.3) is 0 Å². The lowest BCUT2D eigenvalue weighted by atomic mass is 9.64. The monoisotopic (exact) mass is 483 g/mol. The number of rotatable bonds is 3. The highest BCUT2D eigenvalue weighted by Crippen LogP contribution is 2.53. The van der Waals surface area contributed by atoms with E-state index >= 15 is 0 Å². The Labute approximate surface area is 212 Å². The van der Waals surface area contributed by atoms with Gasteiger partial charge in [0.15, 0.2) is 11.6 Å². The van der Waals surface area contributed by atoms with Crippen molar-refractivity contribution in [1.29, 1.82) is 0 Å². The van der Waals surface area contributed by atoms with Gasteiger partial charge in [0.2, 0.25) is 0 Å². The van der Waals surface area contributed by atoms with E-state index in [2.05, 4.69) is 32.6 Å². The smallest absolute Gasteiger partial charge is 0.343 e. The molecule has 5 nitrogen and oxygen atoms in total. The number of carbonyl (C=O) groups excluding carboxylic acids is 3. The maximum atomic E-state index is 13.6. The van der Waals surface area contributed by atoms with E-state index in [-0.39, 0.29) is 22.4 Å². The Hall–Kier alpha value is -3.47. The maximum absolute atomic E-state index is 13.6. The first-order valence-electron chi connectivity index (χ1n) is 12.6. The lowest BCUT2D eigenvalue weighted by Crippen LogP contribution is -2.43. The third-order valence-electron chi connectivity index (χ3n) is 7.61. The molecule has 0 N–H and O–H groups in total. The molecule has 2 aromatic carbocycles. The van der Waals surface area contributed by atoms with E-state index in [1.54, 1.807) is 36.4 Å². The molecule has 0 atom stereocenters. The van der Waals surface area contributed by atoms with Crippen molar-refractivity contribution >= 4 is 17.5 Å². The summed E-state index contributed by atoms with van der Waals surface area (Å²) in [5.41, 5.74) is 4.66. The van der Waals surface area contributed by atoms with Gasteiger partial charge >= 0.3 is 5.97 Å². The van der Waals surface area contributed by atoms with Crippen molar-refractivity contribution in [2.75, 3.05) is 7.05 Å². The van der Waals surface area contributed by atoms with Crippen LogP contribution >= 0.6 is 0 Å². The van der Waals surface area contributed by atoms with Gasteiger partial charge in [0.05, 0.1) is 5.56 Å². The molecule has 36 heavy (non-hydrogen) atoms. The number of esters is 1. The molecular weight excluding hydrogens is 450 g/mol. The van der Waals surface area contributed by atoms with Crippen molar-refractivity contribution in [2.24, 2.45) is 10.8 Å². The van der Waals surface area contributed by atoms with Gasteiger partial charge in [-0.3, -0.25) is 9.59 Å². The van der Waals surface area contributed by atoms with Gasteiger partial charge in [-0.25, -0.2) is 4.79 Å². The van der Waals surface area contributed by atoms with E-state index in [1.165, 1.54) is 0 Å². The molecule has 5 heteroatoms. The zero-order valence-corrected chi connectivity index (χ0v) is 21.7. The maximum Gasteiger partial charge on any atom is 0.343 e. The van der Waals surface area contributed by atoms with Crippen LogP contribution in [0.3, 0.4) is 0 Å². The summed E-state index contributed by atoms with van der Waals surface area (Å²) in [7, 11) is 2.01. The minimum atomic E-state index is -0.424. The van der Waals surface area contributed by atoms with E-state index < -0.39 is 11.9 Å². The average Bonchev–Trinajstić information content (AvgIpc) is 2.80. The van der Waals surface area contributed by atoms with Crippen molar-refractivity contribution in [3.63, 3.8) is 0 Å². The summed E-state index contributed by atoms with van der Waals surface area (Å²) in [6.07, 6.45) is 2.51. The lowest BCUT2D eigenvalue weighted by molar-refractivity contribution is -0.119. The molecule has 5 rings (SSSR count). The SMILES string of the molecule is CN1C2=C(C(=O)CC(C)(C)C2)C(c2ccc(OC(=O)c3ccccc3)cc2)C2=C1CC(C)(C)CC2=O. The number of hydrogen-bond donors (Lipinski definition) is 0. The second-order valence-electron chi connectivity index (χ2n) is 11.9. The molecule has 0 radical (unpaired) electrons. The number of nitrogens with zero attached hydrogens (tertiary/aromatic N) is 1. The quantitative estimate of drug-likeness (QED) is 0.383. The van der Waals surface area contributed by atoms with Gasteiger partial charge in [-0.15, -0.1) is 0 Å². The van der Waals surface area contributed by atoms with E-state index in [0.717, 1.165) is 40.9 Å². The zero-order chi connectivity index (χ0) is 25.8. The summed E-state index contributed by atoms with van der Waals surface area (Å²) in [4.78, 5) is 41.7. The Bertz CT molecular complexity index is 1260. The number of hydrogen-bond acceptors (Lipinski definition) is 5. The summed E-state index contributed by atoms with van der Waals surface area (Å²) in [5.74, 6) is -0.163. The zero-order valence-electron chi connectivity index (χ0n) is 21.7. The summed E-state index contributed by atoms with van der Waals surface area (Å²) in [5, 5.41) is 0. The van der Waals surface area contributed by atoms with E-state index in [4.69, 9.17) is 4.74 Å². The highest BCUT2D eigenvalue weighted by Gasteiger charge is 2.48. The molecule has 0 amide bonds. The van der Waals surface area contributed by atoms with Crippen LogP contribution in [0.4, 0.5) is 0 Å². The third kappa shape index (κ3) is 4.32. The Morgan fingerprint density at radius 3 is 1.78 bits per heavy atom. The standard InChI is InChI=1S/C31H33NO4/c1-30(2)15-22-27(24(33)17-30)26(28-23(32(22)5)16-31(3,4)18-25(28)34)19-11-13-21(14-12-19)36-29(35)20-9-7-6-8-10-20/h6-14,26H,15-18H2,1-5H3. The van der Waals surface area contributed by atoms with Crippen LogP contribution in [0.15, 0.2) is 77.1 Å². The molecule has 2 aromatic rings. The number of benzene rings is 2. The van der Waals surface area contributed by atoms with E-state index in [0.29, 0.717) is 24.2 Å². The van der Waals surface area contributed by atoms with Crippen molar-refractivity contribution < 1.29 is 19.1 Å². The van der Waals surface area contributed by atoms with Gasteiger partial charge in [-0.2, -0.15) is 0 Å². The van der Waals surface area contributed by atoms with Crippen LogP contribution in [-0.4, -0.2) is 29.5 Å². The molecule has 0 saturated heterocycles. The topological polar surface area (TPSA) is 63.7 Å². The van der Waals surface area contributed by atoms with Crippen molar-refractivity contribution in [3.05, 3.63) is 88.3 Å². The number of Topliss-reactive ketones (excluding diaryl/α,β-unsaturated/α-hetero) is 2. The van der Waals surface area contributed by atoms with E-state index in [9.17, 15) is 14.4 Å². The van der Waals surface area contributed by atoms with Crippen LogP contribution in [0.5, 0.6) is 5.75 Å². The first-order valence-corrected chi connectivity index (χ1v) is 12.6. The molecule has 0 saturated carbocycles. The molecule has 1 aliphatic heterocycles. The number of ketones is 2. The fraction of sp³-hybridized carbons (Fsp3) is 0.387. The Morgan fingerprint density at radius 1 is 0.778 bits per heavy atom. The van der Waals surface area contributed by atoms with Crippen molar-refractivity contribution in [2.45, 2.75) is 59.3 Å². The second-order valence-corrected chi connectivity index (χ2v) is 11.9. The third-order valence-corrected chi connectivity index (χ3v) is 7.61. The van der Waals surface area contributed by atoms with Crippen LogP contribution in [0, 0.1) is 10.8 Å². The summed E-state index contributed by atoms with van der Waals surface area (Å²) in [6, 6.07) is 16.1. The molecule has 0 spiro atoms. The fourth-order valence-electron chi connectivity index (χ4n) is 5.97. The number of ether oxygens (including phenoxy) is 1. The molecule has 2 aliphatic carbocycles.